The molecule has 0 saturated carbocycles. The third-order valence-electron chi connectivity index (χ3n) is 4.99. The molecule has 5 nitrogen and oxygen atoms in total. The van der Waals surface area contributed by atoms with Crippen LogP contribution in [-0.4, -0.2) is 31.4 Å². The van der Waals surface area contributed by atoms with E-state index < -0.39 is 0 Å². The summed E-state index contributed by atoms with van der Waals surface area (Å²) >= 11 is 4.85. The van der Waals surface area contributed by atoms with Crippen molar-refractivity contribution in [3.63, 3.8) is 0 Å². The van der Waals surface area contributed by atoms with Crippen molar-refractivity contribution in [1.29, 1.82) is 0 Å². The number of hydrogen-bond acceptors (Lipinski definition) is 4. The van der Waals surface area contributed by atoms with Crippen LogP contribution < -0.4 is 25.4 Å². The molecule has 0 radical (unpaired) electrons. The van der Waals surface area contributed by atoms with Crippen LogP contribution >= 0.6 is 12.2 Å². The van der Waals surface area contributed by atoms with Gasteiger partial charge < -0.3 is 25.4 Å². The maximum atomic E-state index is 5.87. The average Bonchev–Trinajstić information content (AvgIpc) is 2.74. The Morgan fingerprint density at radius 2 is 1.59 bits per heavy atom. The van der Waals surface area contributed by atoms with E-state index in [1.807, 2.05) is 24.3 Å². The van der Waals surface area contributed by atoms with Crippen molar-refractivity contribution in [2.45, 2.75) is 38.5 Å². The van der Waals surface area contributed by atoms with E-state index in [0.717, 1.165) is 43.1 Å². The summed E-state index contributed by atoms with van der Waals surface area (Å²) in [6, 6.07) is 16.2. The Labute approximate surface area is 179 Å². The Kier molecular flexibility index (Phi) is 8.43. The molecular formula is C23H31N3O2S. The van der Waals surface area contributed by atoms with Gasteiger partial charge in [-0.25, -0.2) is 0 Å². The first-order valence-electron chi connectivity index (χ1n) is 10.5. The van der Waals surface area contributed by atoms with E-state index in [1.54, 1.807) is 0 Å². The lowest BCUT2D eigenvalue weighted by molar-refractivity contribution is 0.279. The van der Waals surface area contributed by atoms with E-state index in [2.05, 4.69) is 34.5 Å². The van der Waals surface area contributed by atoms with Gasteiger partial charge in [0, 0.05) is 30.5 Å². The summed E-state index contributed by atoms with van der Waals surface area (Å²) in [6.45, 7) is 3.75. The molecule has 6 heteroatoms. The summed E-state index contributed by atoms with van der Waals surface area (Å²) in [7, 11) is 0. The molecule has 0 unspecified atom stereocenters. The van der Waals surface area contributed by atoms with E-state index in [9.17, 15) is 0 Å². The predicted octanol–water partition coefficient (Wildman–Crippen LogP) is 4.96. The van der Waals surface area contributed by atoms with Gasteiger partial charge in [-0.15, -0.1) is 0 Å². The minimum atomic E-state index is 0.253. The molecule has 2 aromatic carbocycles. The Bertz CT molecular complexity index is 761. The first kappa shape index (κ1) is 21.2. The molecule has 1 saturated heterocycles. The fourth-order valence-electron chi connectivity index (χ4n) is 3.47. The summed E-state index contributed by atoms with van der Waals surface area (Å²) < 4.78 is 11.7. The summed E-state index contributed by atoms with van der Waals surface area (Å²) in [4.78, 5) is 2.46. The second-order valence-electron chi connectivity index (χ2n) is 7.32. The first-order valence-corrected chi connectivity index (χ1v) is 10.9. The van der Waals surface area contributed by atoms with Gasteiger partial charge in [-0.1, -0.05) is 6.07 Å². The van der Waals surface area contributed by atoms with Crippen molar-refractivity contribution in [3.8, 4) is 11.5 Å². The first-order chi connectivity index (χ1) is 14.2. The van der Waals surface area contributed by atoms with Crippen LogP contribution in [-0.2, 0) is 0 Å². The van der Waals surface area contributed by atoms with Crippen molar-refractivity contribution in [2.24, 2.45) is 5.73 Å². The monoisotopic (exact) mass is 413 g/mol. The largest absolute Gasteiger partial charge is 0.494 e. The average molecular weight is 414 g/mol. The van der Waals surface area contributed by atoms with Gasteiger partial charge >= 0.3 is 0 Å². The standard InChI is InChI=1S/C23H31N3O2S/c24-23(29)25-19-8-7-9-22(18-19)28-17-6-2-5-16-27-21-12-10-20(11-13-21)26-14-3-1-4-15-26/h7-13,18H,1-6,14-17H2,(H3,24,25,29). The fourth-order valence-corrected chi connectivity index (χ4v) is 3.59. The molecule has 0 atom stereocenters. The Morgan fingerprint density at radius 3 is 2.28 bits per heavy atom. The number of benzene rings is 2. The number of nitrogens with one attached hydrogen (secondary N) is 1. The third kappa shape index (κ3) is 7.46. The molecule has 1 fully saturated rings. The van der Waals surface area contributed by atoms with Crippen LogP contribution in [0.5, 0.6) is 11.5 Å². The fraction of sp³-hybridized carbons (Fsp3) is 0.435. The van der Waals surface area contributed by atoms with Gasteiger partial charge in [0.05, 0.1) is 13.2 Å². The number of nitrogens with zero attached hydrogens (tertiary/aromatic N) is 1. The Hall–Kier alpha value is -2.47. The summed E-state index contributed by atoms with van der Waals surface area (Å²) in [5.74, 6) is 1.76. The Morgan fingerprint density at radius 1 is 0.897 bits per heavy atom. The highest BCUT2D eigenvalue weighted by atomic mass is 32.1. The van der Waals surface area contributed by atoms with Crippen LogP contribution in [0, 0.1) is 0 Å². The number of rotatable bonds is 10. The molecule has 1 aliphatic rings. The van der Waals surface area contributed by atoms with Crippen molar-refractivity contribution in [3.05, 3.63) is 48.5 Å². The zero-order chi connectivity index (χ0) is 20.3. The van der Waals surface area contributed by atoms with Gasteiger partial charge in [-0.3, -0.25) is 0 Å². The SMILES string of the molecule is NC(=S)Nc1cccc(OCCCCCOc2ccc(N3CCCCC3)cc2)c1. The lowest BCUT2D eigenvalue weighted by atomic mass is 10.1. The highest BCUT2D eigenvalue weighted by Crippen LogP contribution is 2.23. The zero-order valence-corrected chi connectivity index (χ0v) is 17.8. The van der Waals surface area contributed by atoms with Crippen molar-refractivity contribution < 1.29 is 9.47 Å². The molecule has 0 amide bonds. The molecule has 0 aliphatic carbocycles. The minimum Gasteiger partial charge on any atom is -0.494 e. The molecule has 1 aliphatic heterocycles. The molecule has 0 spiro atoms. The second-order valence-corrected chi connectivity index (χ2v) is 7.76. The van der Waals surface area contributed by atoms with Crippen LogP contribution in [0.1, 0.15) is 38.5 Å². The van der Waals surface area contributed by atoms with Crippen LogP contribution in [0.2, 0.25) is 0 Å². The highest BCUT2D eigenvalue weighted by molar-refractivity contribution is 7.80. The number of ether oxygens (including phenoxy) is 2. The van der Waals surface area contributed by atoms with Gasteiger partial charge in [-0.05, 0) is 87.1 Å². The van der Waals surface area contributed by atoms with Crippen molar-refractivity contribution in [1.82, 2.24) is 0 Å². The molecule has 2 aromatic rings. The molecule has 156 valence electrons. The number of unbranched alkanes of at least 4 members (excludes halogenated alkanes) is 2. The number of nitrogens with two attached hydrogens (primary N) is 1. The molecule has 0 bridgehead atoms. The minimum absolute atomic E-state index is 0.253. The number of piperidine rings is 1. The van der Waals surface area contributed by atoms with E-state index in [4.69, 9.17) is 27.4 Å². The van der Waals surface area contributed by atoms with Gasteiger partial charge in [0.1, 0.15) is 11.5 Å². The molecule has 3 rings (SSSR count). The van der Waals surface area contributed by atoms with Gasteiger partial charge in [-0.2, -0.15) is 0 Å². The Balaban J connectivity index is 1.28. The molecule has 29 heavy (non-hydrogen) atoms. The quantitative estimate of drug-likeness (QED) is 0.424. The topological polar surface area (TPSA) is 59.8 Å². The second kappa shape index (κ2) is 11.5. The molecule has 3 N–H and O–H groups in total. The molecular weight excluding hydrogens is 382 g/mol. The maximum Gasteiger partial charge on any atom is 0.168 e. The molecule has 0 aromatic heterocycles. The number of thiocarbonyl (C=S) groups is 1. The van der Waals surface area contributed by atoms with Crippen LogP contribution in [0.15, 0.2) is 48.5 Å². The number of anilines is 2. The highest BCUT2D eigenvalue weighted by Gasteiger charge is 2.10. The van der Waals surface area contributed by atoms with E-state index in [0.29, 0.717) is 6.61 Å². The maximum absolute atomic E-state index is 5.87. The normalized spacial score (nSPS) is 13.7. The van der Waals surface area contributed by atoms with Gasteiger partial charge in [0.2, 0.25) is 0 Å². The van der Waals surface area contributed by atoms with E-state index in [1.165, 1.54) is 38.0 Å². The molecule has 1 heterocycles. The predicted molar refractivity (Wildman–Crippen MR) is 124 cm³/mol. The zero-order valence-electron chi connectivity index (χ0n) is 16.9. The smallest absolute Gasteiger partial charge is 0.168 e. The summed E-state index contributed by atoms with van der Waals surface area (Å²) in [5.41, 5.74) is 7.64. The lowest BCUT2D eigenvalue weighted by Gasteiger charge is -2.28. The lowest BCUT2D eigenvalue weighted by Crippen LogP contribution is -2.29. The third-order valence-corrected chi connectivity index (χ3v) is 5.09. The van der Waals surface area contributed by atoms with Gasteiger partial charge in [0.25, 0.3) is 0 Å². The van der Waals surface area contributed by atoms with Crippen molar-refractivity contribution >= 4 is 28.7 Å². The summed E-state index contributed by atoms with van der Waals surface area (Å²) in [6.07, 6.45) is 7.02. The number of hydrogen-bond donors (Lipinski definition) is 2. The van der Waals surface area contributed by atoms with Crippen LogP contribution in [0.4, 0.5) is 11.4 Å². The van der Waals surface area contributed by atoms with E-state index >= 15 is 0 Å². The summed E-state index contributed by atoms with van der Waals surface area (Å²) in [5, 5.41) is 3.16. The van der Waals surface area contributed by atoms with Crippen LogP contribution in [0.3, 0.4) is 0 Å². The van der Waals surface area contributed by atoms with E-state index in [-0.39, 0.29) is 5.11 Å². The van der Waals surface area contributed by atoms with Crippen molar-refractivity contribution in [2.75, 3.05) is 36.5 Å². The van der Waals surface area contributed by atoms with Gasteiger partial charge in [0.15, 0.2) is 5.11 Å². The van der Waals surface area contributed by atoms with Crippen LogP contribution in [0.25, 0.3) is 0 Å².